The molecule has 0 saturated carbocycles. The van der Waals surface area contributed by atoms with Gasteiger partial charge >= 0.3 is 0 Å². The molecule has 0 bridgehead atoms. The van der Waals surface area contributed by atoms with Crippen molar-refractivity contribution >= 4 is 23.6 Å². The third-order valence-corrected chi connectivity index (χ3v) is 4.58. The molecule has 0 spiro atoms. The van der Waals surface area contributed by atoms with Gasteiger partial charge in [0.2, 0.25) is 5.91 Å². The molecule has 0 fully saturated rings. The predicted molar refractivity (Wildman–Crippen MR) is 99.4 cm³/mol. The van der Waals surface area contributed by atoms with Crippen LogP contribution in [0.2, 0.25) is 0 Å². The Balaban J connectivity index is 1.67. The Kier molecular flexibility index (Phi) is 7.60. The van der Waals surface area contributed by atoms with Crippen LogP contribution in [0.1, 0.15) is 17.5 Å². The highest BCUT2D eigenvalue weighted by Gasteiger charge is 2.09. The number of ether oxygens (including phenoxy) is 1. The van der Waals surface area contributed by atoms with Crippen molar-refractivity contribution in [3.05, 3.63) is 59.2 Å². The zero-order chi connectivity index (χ0) is 19.8. The van der Waals surface area contributed by atoms with Crippen LogP contribution in [-0.4, -0.2) is 24.2 Å². The normalized spacial score (nSPS) is 10.4. The topological polar surface area (TPSA) is 67.4 Å². The Hall–Kier alpha value is -2.61. The molecule has 5 nitrogen and oxygen atoms in total. The monoisotopic (exact) mass is 394 g/mol. The van der Waals surface area contributed by atoms with Gasteiger partial charge in [0, 0.05) is 17.1 Å². The molecule has 0 unspecified atom stereocenters. The lowest BCUT2D eigenvalue weighted by molar-refractivity contribution is -0.129. The molecular weight excluding hydrogens is 374 g/mol. The number of thioether (sulfide) groups is 1. The Labute approximate surface area is 160 Å². The van der Waals surface area contributed by atoms with E-state index in [1.807, 2.05) is 32.0 Å². The first-order valence-electron chi connectivity index (χ1n) is 8.21. The highest BCUT2D eigenvalue weighted by Crippen LogP contribution is 2.22. The van der Waals surface area contributed by atoms with Crippen LogP contribution >= 0.6 is 11.8 Å². The first-order chi connectivity index (χ1) is 12.9. The second-order valence-corrected chi connectivity index (χ2v) is 6.95. The number of amides is 2. The first-order valence-corrected chi connectivity index (χ1v) is 9.20. The minimum Gasteiger partial charge on any atom is -0.483 e. The van der Waals surface area contributed by atoms with Crippen LogP contribution in [0.5, 0.6) is 5.75 Å². The lowest BCUT2D eigenvalue weighted by Gasteiger charge is -2.12. The van der Waals surface area contributed by atoms with E-state index in [1.54, 1.807) is 0 Å². The Morgan fingerprint density at radius 1 is 1.00 bits per heavy atom. The van der Waals surface area contributed by atoms with Crippen LogP contribution in [-0.2, 0) is 9.59 Å². The molecule has 27 heavy (non-hydrogen) atoms. The molecule has 0 aliphatic carbocycles. The molecule has 2 amide bonds. The van der Waals surface area contributed by atoms with E-state index in [9.17, 15) is 18.4 Å². The molecular formula is C19H20F2N2O3S. The average molecular weight is 394 g/mol. The lowest BCUT2D eigenvalue weighted by Crippen LogP contribution is -2.44. The molecule has 0 atom stereocenters. The van der Waals surface area contributed by atoms with Gasteiger partial charge < -0.3 is 4.74 Å². The van der Waals surface area contributed by atoms with Gasteiger partial charge in [-0.1, -0.05) is 18.2 Å². The second-order valence-electron chi connectivity index (χ2n) is 5.78. The van der Waals surface area contributed by atoms with Crippen molar-refractivity contribution in [3.63, 3.8) is 0 Å². The number of hydrogen-bond acceptors (Lipinski definition) is 4. The van der Waals surface area contributed by atoms with Gasteiger partial charge in [0.05, 0.1) is 0 Å². The molecule has 8 heteroatoms. The number of para-hydroxylation sites is 1. The van der Waals surface area contributed by atoms with Gasteiger partial charge in [0.25, 0.3) is 5.91 Å². The number of hydrazine groups is 1. The minimum absolute atomic E-state index is 0.0989. The van der Waals surface area contributed by atoms with E-state index in [-0.39, 0.29) is 13.0 Å². The number of halogens is 2. The van der Waals surface area contributed by atoms with Crippen molar-refractivity contribution < 1.29 is 23.1 Å². The summed E-state index contributed by atoms with van der Waals surface area (Å²) < 4.78 is 31.4. The van der Waals surface area contributed by atoms with E-state index < -0.39 is 23.4 Å². The van der Waals surface area contributed by atoms with Crippen molar-refractivity contribution in [3.8, 4) is 5.75 Å². The van der Waals surface area contributed by atoms with Gasteiger partial charge in [-0.2, -0.15) is 0 Å². The number of carbonyl (C=O) groups is 2. The van der Waals surface area contributed by atoms with Crippen LogP contribution in [0.4, 0.5) is 8.78 Å². The molecule has 2 rings (SSSR count). The highest BCUT2D eigenvalue weighted by molar-refractivity contribution is 7.99. The molecule has 2 N–H and O–H groups in total. The Bertz CT molecular complexity index is 810. The summed E-state index contributed by atoms with van der Waals surface area (Å²) in [6.45, 7) is 3.54. The van der Waals surface area contributed by atoms with E-state index in [0.29, 0.717) is 16.4 Å². The predicted octanol–water partition coefficient (Wildman–Crippen LogP) is 3.29. The van der Waals surface area contributed by atoms with E-state index in [1.165, 1.54) is 17.8 Å². The number of benzene rings is 2. The fraction of sp³-hybridized carbons (Fsp3) is 0.263. The average Bonchev–Trinajstić information content (AvgIpc) is 2.62. The molecule has 0 aromatic heterocycles. The van der Waals surface area contributed by atoms with Crippen molar-refractivity contribution in [2.24, 2.45) is 0 Å². The Morgan fingerprint density at radius 2 is 1.67 bits per heavy atom. The summed E-state index contributed by atoms with van der Waals surface area (Å²) in [6.07, 6.45) is 0.0989. The van der Waals surface area contributed by atoms with Crippen molar-refractivity contribution in [2.45, 2.75) is 25.2 Å². The van der Waals surface area contributed by atoms with Crippen molar-refractivity contribution in [1.82, 2.24) is 10.9 Å². The van der Waals surface area contributed by atoms with Gasteiger partial charge in [0.1, 0.15) is 5.75 Å². The first kappa shape index (κ1) is 20.7. The number of aryl methyl sites for hydroxylation is 2. The smallest absolute Gasteiger partial charge is 0.276 e. The van der Waals surface area contributed by atoms with Gasteiger partial charge in [-0.25, -0.2) is 8.78 Å². The fourth-order valence-corrected chi connectivity index (χ4v) is 3.11. The van der Waals surface area contributed by atoms with E-state index >= 15 is 0 Å². The quantitative estimate of drug-likeness (QED) is 0.559. The van der Waals surface area contributed by atoms with E-state index in [4.69, 9.17) is 4.74 Å². The van der Waals surface area contributed by atoms with Crippen molar-refractivity contribution in [1.29, 1.82) is 0 Å². The molecule has 2 aromatic carbocycles. The highest BCUT2D eigenvalue weighted by atomic mass is 32.2. The van der Waals surface area contributed by atoms with Gasteiger partial charge in [0.15, 0.2) is 18.2 Å². The van der Waals surface area contributed by atoms with Gasteiger partial charge in [-0.3, -0.25) is 20.4 Å². The van der Waals surface area contributed by atoms with Crippen molar-refractivity contribution in [2.75, 3.05) is 12.4 Å². The summed E-state index contributed by atoms with van der Waals surface area (Å²) in [6, 6.07) is 9.21. The van der Waals surface area contributed by atoms with Crippen LogP contribution in [0, 0.1) is 25.5 Å². The van der Waals surface area contributed by atoms with Crippen LogP contribution in [0.15, 0.2) is 41.3 Å². The summed E-state index contributed by atoms with van der Waals surface area (Å²) in [4.78, 5) is 24.0. The molecule has 144 valence electrons. The fourth-order valence-electron chi connectivity index (χ4n) is 2.23. The van der Waals surface area contributed by atoms with Crippen LogP contribution < -0.4 is 15.6 Å². The number of carbonyl (C=O) groups excluding carboxylic acids is 2. The third-order valence-electron chi connectivity index (χ3n) is 3.59. The number of nitrogens with one attached hydrogen (secondary N) is 2. The summed E-state index contributed by atoms with van der Waals surface area (Å²) in [5.41, 5.74) is 6.40. The summed E-state index contributed by atoms with van der Waals surface area (Å²) in [7, 11) is 0. The third kappa shape index (κ3) is 6.56. The molecule has 0 radical (unpaired) electrons. The Morgan fingerprint density at radius 3 is 2.33 bits per heavy atom. The van der Waals surface area contributed by atoms with Gasteiger partial charge in [-0.15, -0.1) is 11.8 Å². The summed E-state index contributed by atoms with van der Waals surface area (Å²) in [5.74, 6) is -1.73. The summed E-state index contributed by atoms with van der Waals surface area (Å²) in [5, 5.41) is 0. The maximum Gasteiger partial charge on any atom is 0.276 e. The molecule has 2 aromatic rings. The maximum atomic E-state index is 13.1. The largest absolute Gasteiger partial charge is 0.483 e. The summed E-state index contributed by atoms with van der Waals surface area (Å²) >= 11 is 1.21. The number of rotatable bonds is 7. The molecule has 0 aliphatic heterocycles. The molecule has 0 saturated heterocycles. The zero-order valence-electron chi connectivity index (χ0n) is 15.0. The standard InChI is InChI=1S/C19H20F2N2O3S/c1-12-4-3-5-13(2)19(12)26-11-18(25)23-22-17(24)8-9-27-14-6-7-15(20)16(21)10-14/h3-7,10H,8-9,11H2,1-2H3,(H,22,24)(H,23,25). The van der Waals surface area contributed by atoms with Crippen LogP contribution in [0.3, 0.4) is 0 Å². The van der Waals surface area contributed by atoms with E-state index in [0.717, 1.165) is 23.3 Å². The van der Waals surface area contributed by atoms with E-state index in [2.05, 4.69) is 10.9 Å². The molecule has 0 heterocycles. The second kappa shape index (κ2) is 9.91. The molecule has 0 aliphatic rings. The maximum absolute atomic E-state index is 13.1. The van der Waals surface area contributed by atoms with Gasteiger partial charge in [-0.05, 0) is 43.2 Å². The zero-order valence-corrected chi connectivity index (χ0v) is 15.8. The number of hydrogen-bond donors (Lipinski definition) is 2. The SMILES string of the molecule is Cc1cccc(C)c1OCC(=O)NNC(=O)CCSc1ccc(F)c(F)c1. The lowest BCUT2D eigenvalue weighted by atomic mass is 10.1. The van der Waals surface area contributed by atoms with Crippen LogP contribution in [0.25, 0.3) is 0 Å². The minimum atomic E-state index is -0.930.